The highest BCUT2D eigenvalue weighted by Gasteiger charge is 2.30. The average Bonchev–Trinajstić information content (AvgIpc) is 3.19. The Labute approximate surface area is 177 Å². The number of oxazole rings is 1. The van der Waals surface area contributed by atoms with Crippen molar-refractivity contribution in [2.45, 2.75) is 65.2 Å². The number of carboxylic acid groups (broad SMARTS) is 1. The highest BCUT2D eigenvalue weighted by atomic mass is 32.1. The molecule has 0 aliphatic heterocycles. The maximum absolute atomic E-state index is 12.6. The summed E-state index contributed by atoms with van der Waals surface area (Å²) in [6, 6.07) is -1.03. The van der Waals surface area contributed by atoms with Crippen molar-refractivity contribution in [2.75, 3.05) is 0 Å². The summed E-state index contributed by atoms with van der Waals surface area (Å²) in [5.41, 5.74) is -1.39. The van der Waals surface area contributed by atoms with Gasteiger partial charge in [-0.15, -0.1) is 11.3 Å². The molecule has 10 nitrogen and oxygen atoms in total. The summed E-state index contributed by atoms with van der Waals surface area (Å²) < 4.78 is 15.8. The van der Waals surface area contributed by atoms with Gasteiger partial charge in [-0.05, 0) is 41.5 Å². The highest BCUT2D eigenvalue weighted by molar-refractivity contribution is 7.09. The van der Waals surface area contributed by atoms with Gasteiger partial charge in [0.05, 0.1) is 5.01 Å². The van der Waals surface area contributed by atoms with Crippen LogP contribution in [-0.2, 0) is 20.7 Å². The molecular weight excluding hydrogens is 414 g/mol. The second-order valence-electron chi connectivity index (χ2n) is 8.41. The summed E-state index contributed by atoms with van der Waals surface area (Å²) in [7, 11) is 0. The van der Waals surface area contributed by atoms with Gasteiger partial charge in [0.1, 0.15) is 29.2 Å². The van der Waals surface area contributed by atoms with Crippen LogP contribution in [0.1, 0.15) is 57.0 Å². The van der Waals surface area contributed by atoms with E-state index in [0.717, 1.165) is 6.26 Å². The Bertz CT molecular complexity index is 921. The second-order valence-corrected chi connectivity index (χ2v) is 9.35. The fourth-order valence-corrected chi connectivity index (χ4v) is 3.00. The van der Waals surface area contributed by atoms with Gasteiger partial charge in [-0.25, -0.2) is 24.4 Å². The minimum absolute atomic E-state index is 0.0452. The van der Waals surface area contributed by atoms with Crippen LogP contribution in [-0.4, -0.2) is 50.4 Å². The summed E-state index contributed by atoms with van der Waals surface area (Å²) in [6.07, 6.45) is 0.309. The number of aromatic nitrogens is 2. The molecule has 0 saturated carbocycles. The Morgan fingerprint density at radius 1 is 1.13 bits per heavy atom. The van der Waals surface area contributed by atoms with Crippen molar-refractivity contribution >= 4 is 29.4 Å². The van der Waals surface area contributed by atoms with Crippen molar-refractivity contribution in [2.24, 2.45) is 0 Å². The smallest absolute Gasteiger partial charge is 0.408 e. The van der Waals surface area contributed by atoms with E-state index < -0.39 is 35.3 Å². The van der Waals surface area contributed by atoms with E-state index in [1.807, 2.05) is 0 Å². The molecule has 2 heterocycles. The summed E-state index contributed by atoms with van der Waals surface area (Å²) in [5, 5.41) is 13.6. The monoisotopic (exact) mass is 439 g/mol. The van der Waals surface area contributed by atoms with Crippen LogP contribution >= 0.6 is 11.3 Å². The zero-order valence-electron chi connectivity index (χ0n) is 17.6. The van der Waals surface area contributed by atoms with Crippen molar-refractivity contribution in [1.29, 1.82) is 0 Å². The van der Waals surface area contributed by atoms with E-state index in [1.54, 1.807) is 46.9 Å². The van der Waals surface area contributed by atoms with E-state index in [2.05, 4.69) is 15.3 Å². The number of esters is 1. The number of carbonyl (C=O) groups is 3. The molecule has 0 aliphatic carbocycles. The molecule has 2 N–H and O–H groups in total. The molecule has 0 bridgehead atoms. The molecule has 164 valence electrons. The lowest BCUT2D eigenvalue weighted by atomic mass is 10.1. The van der Waals surface area contributed by atoms with Crippen LogP contribution < -0.4 is 5.32 Å². The summed E-state index contributed by atoms with van der Waals surface area (Å²) in [5.74, 6) is -1.80. The third kappa shape index (κ3) is 7.14. The van der Waals surface area contributed by atoms with Gasteiger partial charge >= 0.3 is 18.0 Å². The van der Waals surface area contributed by atoms with Crippen molar-refractivity contribution in [3.8, 4) is 11.6 Å². The number of hydrogen-bond donors (Lipinski definition) is 2. The van der Waals surface area contributed by atoms with E-state index >= 15 is 0 Å². The number of hydrogen-bond acceptors (Lipinski definition) is 9. The number of nitrogens with one attached hydrogen (secondary N) is 1. The first kappa shape index (κ1) is 23.3. The standard InChI is InChI=1S/C19H25N3O7S/c1-18(2,3)28-16(25)10(22-17(26)29-19(4,5)6)7-13-20-12(9-30-13)14-21-11(8-27-14)15(23)24/h8-10H,7H2,1-6H3,(H,22,26)(H,23,24). The molecule has 30 heavy (non-hydrogen) atoms. The van der Waals surface area contributed by atoms with Gasteiger partial charge < -0.3 is 24.3 Å². The van der Waals surface area contributed by atoms with E-state index in [4.69, 9.17) is 19.0 Å². The van der Waals surface area contributed by atoms with Crippen LogP contribution in [0.2, 0.25) is 0 Å². The average molecular weight is 439 g/mol. The van der Waals surface area contributed by atoms with Gasteiger partial charge in [0.15, 0.2) is 5.69 Å². The number of thiazole rings is 1. The van der Waals surface area contributed by atoms with Gasteiger partial charge in [0.25, 0.3) is 0 Å². The van der Waals surface area contributed by atoms with E-state index in [-0.39, 0.29) is 18.0 Å². The molecule has 11 heteroatoms. The van der Waals surface area contributed by atoms with Crippen LogP contribution in [0.5, 0.6) is 0 Å². The normalized spacial score (nSPS) is 12.9. The Hall–Kier alpha value is -2.95. The third-order valence-electron chi connectivity index (χ3n) is 3.26. The van der Waals surface area contributed by atoms with Crippen LogP contribution in [0.3, 0.4) is 0 Å². The quantitative estimate of drug-likeness (QED) is 0.649. The highest BCUT2D eigenvalue weighted by Crippen LogP contribution is 2.23. The van der Waals surface area contributed by atoms with E-state index in [9.17, 15) is 14.4 Å². The lowest BCUT2D eigenvalue weighted by Crippen LogP contribution is -2.47. The van der Waals surface area contributed by atoms with E-state index in [1.165, 1.54) is 11.3 Å². The molecule has 2 rings (SSSR count). The largest absolute Gasteiger partial charge is 0.476 e. The van der Waals surface area contributed by atoms with Gasteiger partial charge in [-0.3, -0.25) is 0 Å². The number of rotatable bonds is 6. The van der Waals surface area contributed by atoms with Crippen molar-refractivity contribution in [3.63, 3.8) is 0 Å². The van der Waals surface area contributed by atoms with Crippen molar-refractivity contribution in [1.82, 2.24) is 15.3 Å². The van der Waals surface area contributed by atoms with Gasteiger partial charge in [0.2, 0.25) is 5.89 Å². The van der Waals surface area contributed by atoms with Crippen LogP contribution in [0, 0.1) is 0 Å². The first-order valence-electron chi connectivity index (χ1n) is 9.09. The third-order valence-corrected chi connectivity index (χ3v) is 4.13. The minimum Gasteiger partial charge on any atom is -0.476 e. The summed E-state index contributed by atoms with van der Waals surface area (Å²) >= 11 is 1.21. The number of carbonyl (C=O) groups excluding carboxylic acids is 2. The maximum Gasteiger partial charge on any atom is 0.408 e. The lowest BCUT2D eigenvalue weighted by molar-refractivity contribution is -0.157. The Morgan fingerprint density at radius 2 is 1.77 bits per heavy atom. The van der Waals surface area contributed by atoms with Crippen molar-refractivity contribution in [3.05, 3.63) is 22.3 Å². The number of alkyl carbamates (subject to hydrolysis) is 1. The molecule has 0 radical (unpaired) electrons. The van der Waals surface area contributed by atoms with Crippen molar-refractivity contribution < 1.29 is 33.4 Å². The predicted octanol–water partition coefficient (Wildman–Crippen LogP) is 3.27. The van der Waals surface area contributed by atoms with Gasteiger partial charge in [0, 0.05) is 11.8 Å². The predicted molar refractivity (Wildman–Crippen MR) is 107 cm³/mol. The number of carboxylic acids is 1. The molecule has 1 unspecified atom stereocenters. The Morgan fingerprint density at radius 3 is 2.30 bits per heavy atom. The zero-order valence-corrected chi connectivity index (χ0v) is 18.5. The van der Waals surface area contributed by atoms with E-state index in [0.29, 0.717) is 10.7 Å². The summed E-state index contributed by atoms with van der Waals surface area (Å²) in [6.45, 7) is 10.3. The SMILES string of the molecule is CC(C)(C)OC(=O)NC(Cc1nc(-c2nc(C(=O)O)co2)cs1)C(=O)OC(C)(C)C. The first-order valence-corrected chi connectivity index (χ1v) is 9.97. The maximum atomic E-state index is 12.6. The minimum atomic E-state index is -1.22. The fraction of sp³-hybridized carbons (Fsp3) is 0.526. The Kier molecular flexibility index (Phi) is 6.86. The number of ether oxygens (including phenoxy) is 2. The zero-order chi connectivity index (χ0) is 22.7. The molecule has 1 atom stereocenters. The Balaban J connectivity index is 2.18. The molecule has 0 fully saturated rings. The summed E-state index contributed by atoms with van der Waals surface area (Å²) in [4.78, 5) is 43.9. The topological polar surface area (TPSA) is 141 Å². The van der Waals surface area contributed by atoms with Crippen LogP contribution in [0.25, 0.3) is 11.6 Å². The molecule has 0 spiro atoms. The fourth-order valence-electron chi connectivity index (χ4n) is 2.18. The second kappa shape index (κ2) is 8.82. The number of amides is 1. The van der Waals surface area contributed by atoms with Crippen LogP contribution in [0.4, 0.5) is 4.79 Å². The molecule has 2 aromatic heterocycles. The number of aromatic carboxylic acids is 1. The molecular formula is C19H25N3O7S. The van der Waals surface area contributed by atoms with Gasteiger partial charge in [-0.1, -0.05) is 0 Å². The molecule has 0 aromatic carbocycles. The molecule has 1 amide bonds. The molecule has 2 aromatic rings. The lowest BCUT2D eigenvalue weighted by Gasteiger charge is -2.25. The number of nitrogens with zero attached hydrogens (tertiary/aromatic N) is 2. The molecule has 0 aliphatic rings. The molecule has 0 saturated heterocycles. The van der Waals surface area contributed by atoms with Gasteiger partial charge in [-0.2, -0.15) is 0 Å². The first-order chi connectivity index (χ1) is 13.7. The van der Waals surface area contributed by atoms with Crippen LogP contribution in [0.15, 0.2) is 16.1 Å².